The van der Waals surface area contributed by atoms with Gasteiger partial charge in [0, 0.05) is 6.42 Å². The highest BCUT2D eigenvalue weighted by Gasteiger charge is 2.21. The first-order chi connectivity index (χ1) is 10.3. The predicted molar refractivity (Wildman–Crippen MR) is 88.2 cm³/mol. The van der Waals surface area contributed by atoms with Gasteiger partial charge in [0.1, 0.15) is 5.75 Å². The second-order valence-electron chi connectivity index (χ2n) is 6.53. The summed E-state index contributed by atoms with van der Waals surface area (Å²) in [6.07, 6.45) is 0.605. The van der Waals surface area contributed by atoms with Gasteiger partial charge in [-0.1, -0.05) is 51.1 Å². The van der Waals surface area contributed by atoms with Crippen molar-refractivity contribution >= 4 is 5.97 Å². The van der Waals surface area contributed by atoms with E-state index in [0.717, 1.165) is 16.7 Å². The Balaban J connectivity index is 2.59. The van der Waals surface area contributed by atoms with Crippen LogP contribution in [-0.2, 0) is 16.6 Å². The first kappa shape index (κ1) is 16.1. The summed E-state index contributed by atoms with van der Waals surface area (Å²) in [6, 6.07) is 13.1. The third kappa shape index (κ3) is 3.67. The van der Waals surface area contributed by atoms with Gasteiger partial charge in [0.25, 0.3) is 0 Å². The molecule has 0 atom stereocenters. The van der Waals surface area contributed by atoms with Crippen molar-refractivity contribution in [3.63, 3.8) is 0 Å². The molecule has 0 fully saturated rings. The van der Waals surface area contributed by atoms with E-state index < -0.39 is 5.97 Å². The Bertz CT molecular complexity index is 664. The Morgan fingerprint density at radius 1 is 1.05 bits per heavy atom. The quantitative estimate of drug-likeness (QED) is 0.881. The fraction of sp³-hybridized carbons (Fsp3) is 0.316. The molecular formula is C19H22O3. The van der Waals surface area contributed by atoms with Gasteiger partial charge in [0.15, 0.2) is 0 Å². The molecule has 0 saturated heterocycles. The van der Waals surface area contributed by atoms with Gasteiger partial charge in [-0.15, -0.1) is 0 Å². The molecule has 2 rings (SSSR count). The highest BCUT2D eigenvalue weighted by Crippen LogP contribution is 2.36. The lowest BCUT2D eigenvalue weighted by Gasteiger charge is -2.25. The van der Waals surface area contributed by atoms with Crippen molar-refractivity contribution in [2.24, 2.45) is 0 Å². The predicted octanol–water partition coefficient (Wildman–Crippen LogP) is 4.37. The lowest BCUT2D eigenvalue weighted by molar-refractivity contribution is -0.136. The summed E-state index contributed by atoms with van der Waals surface area (Å²) in [5.41, 5.74) is 4.24. The summed E-state index contributed by atoms with van der Waals surface area (Å²) >= 11 is 0. The maximum atomic E-state index is 10.9. The molecule has 0 bridgehead atoms. The van der Waals surface area contributed by atoms with E-state index in [-0.39, 0.29) is 17.6 Å². The van der Waals surface area contributed by atoms with Crippen LogP contribution >= 0.6 is 0 Å². The number of carboxylic acids is 1. The summed E-state index contributed by atoms with van der Waals surface area (Å²) in [4.78, 5) is 10.9. The van der Waals surface area contributed by atoms with Crippen molar-refractivity contribution in [2.75, 3.05) is 0 Å². The van der Waals surface area contributed by atoms with Gasteiger partial charge < -0.3 is 10.2 Å². The van der Waals surface area contributed by atoms with Crippen LogP contribution in [0.4, 0.5) is 0 Å². The van der Waals surface area contributed by atoms with Crippen LogP contribution in [0.2, 0.25) is 0 Å². The van der Waals surface area contributed by atoms with Gasteiger partial charge in [-0.05, 0) is 46.2 Å². The number of benzene rings is 2. The van der Waals surface area contributed by atoms with Crippen LogP contribution in [0.25, 0.3) is 11.1 Å². The summed E-state index contributed by atoms with van der Waals surface area (Å²) in [5, 5.41) is 18.5. The van der Waals surface area contributed by atoms with Crippen molar-refractivity contribution in [3.8, 4) is 16.9 Å². The zero-order chi connectivity index (χ0) is 16.3. The van der Waals surface area contributed by atoms with Gasteiger partial charge in [-0.2, -0.15) is 0 Å². The average Bonchev–Trinajstić information content (AvgIpc) is 2.44. The monoisotopic (exact) mass is 298 g/mol. The van der Waals surface area contributed by atoms with Crippen LogP contribution in [0.3, 0.4) is 0 Å². The van der Waals surface area contributed by atoms with E-state index in [9.17, 15) is 9.90 Å². The first-order valence-electron chi connectivity index (χ1n) is 7.42. The van der Waals surface area contributed by atoms with Crippen LogP contribution in [0.1, 0.15) is 38.3 Å². The molecular weight excluding hydrogens is 276 g/mol. The minimum atomic E-state index is -0.794. The van der Waals surface area contributed by atoms with Crippen LogP contribution in [-0.4, -0.2) is 16.2 Å². The molecule has 2 aromatic rings. The second-order valence-corrected chi connectivity index (χ2v) is 6.53. The molecule has 116 valence electrons. The van der Waals surface area contributed by atoms with E-state index in [2.05, 4.69) is 26.8 Å². The van der Waals surface area contributed by atoms with Crippen molar-refractivity contribution in [1.29, 1.82) is 0 Å². The molecule has 2 aromatic carbocycles. The molecule has 3 heteroatoms. The molecule has 0 amide bonds. The lowest BCUT2D eigenvalue weighted by atomic mass is 9.79. The third-order valence-corrected chi connectivity index (χ3v) is 3.72. The van der Waals surface area contributed by atoms with E-state index in [0.29, 0.717) is 6.42 Å². The fourth-order valence-corrected chi connectivity index (χ4v) is 2.64. The Labute approximate surface area is 131 Å². The van der Waals surface area contributed by atoms with E-state index in [4.69, 9.17) is 5.11 Å². The zero-order valence-corrected chi connectivity index (χ0v) is 13.3. The maximum Gasteiger partial charge on any atom is 0.303 e. The van der Waals surface area contributed by atoms with Crippen molar-refractivity contribution in [3.05, 3.63) is 53.6 Å². The SMILES string of the molecule is CC(C)(C)c1cccc(CCC(=O)O)c1-c1ccc(O)cc1. The van der Waals surface area contributed by atoms with Gasteiger partial charge >= 0.3 is 5.97 Å². The first-order valence-corrected chi connectivity index (χ1v) is 7.42. The van der Waals surface area contributed by atoms with Crippen molar-refractivity contribution in [1.82, 2.24) is 0 Å². The lowest BCUT2D eigenvalue weighted by Crippen LogP contribution is -2.14. The van der Waals surface area contributed by atoms with Gasteiger partial charge in [-0.3, -0.25) is 4.79 Å². The van der Waals surface area contributed by atoms with Gasteiger partial charge in [-0.25, -0.2) is 0 Å². The number of rotatable bonds is 4. The molecule has 0 radical (unpaired) electrons. The Hall–Kier alpha value is -2.29. The maximum absolute atomic E-state index is 10.9. The largest absolute Gasteiger partial charge is 0.508 e. The number of hydrogen-bond donors (Lipinski definition) is 2. The number of aliphatic carboxylic acids is 1. The molecule has 2 N–H and O–H groups in total. The zero-order valence-electron chi connectivity index (χ0n) is 13.3. The number of phenolic OH excluding ortho intramolecular Hbond substituents is 1. The normalized spacial score (nSPS) is 11.4. The summed E-state index contributed by atoms with van der Waals surface area (Å²) in [6.45, 7) is 6.44. The second kappa shape index (κ2) is 6.22. The summed E-state index contributed by atoms with van der Waals surface area (Å²) in [7, 11) is 0. The molecule has 22 heavy (non-hydrogen) atoms. The Morgan fingerprint density at radius 3 is 2.23 bits per heavy atom. The smallest absolute Gasteiger partial charge is 0.303 e. The van der Waals surface area contributed by atoms with Crippen LogP contribution in [0.15, 0.2) is 42.5 Å². The molecule has 0 aliphatic rings. The van der Waals surface area contributed by atoms with Crippen LogP contribution < -0.4 is 0 Å². The minimum Gasteiger partial charge on any atom is -0.508 e. The summed E-state index contributed by atoms with van der Waals surface area (Å²) < 4.78 is 0. The summed E-state index contributed by atoms with van der Waals surface area (Å²) in [5.74, 6) is -0.568. The van der Waals surface area contributed by atoms with Crippen molar-refractivity contribution in [2.45, 2.75) is 39.0 Å². The van der Waals surface area contributed by atoms with Crippen LogP contribution in [0.5, 0.6) is 5.75 Å². The molecule has 3 nitrogen and oxygen atoms in total. The number of carbonyl (C=O) groups is 1. The molecule has 0 heterocycles. The number of aromatic hydroxyl groups is 1. The third-order valence-electron chi connectivity index (χ3n) is 3.72. The van der Waals surface area contributed by atoms with E-state index in [1.807, 2.05) is 24.3 Å². The van der Waals surface area contributed by atoms with E-state index in [1.165, 1.54) is 5.56 Å². The van der Waals surface area contributed by atoms with E-state index in [1.54, 1.807) is 12.1 Å². The molecule has 0 aliphatic heterocycles. The van der Waals surface area contributed by atoms with Crippen molar-refractivity contribution < 1.29 is 15.0 Å². The number of hydrogen-bond acceptors (Lipinski definition) is 2. The topological polar surface area (TPSA) is 57.5 Å². The van der Waals surface area contributed by atoms with E-state index >= 15 is 0 Å². The highest BCUT2D eigenvalue weighted by molar-refractivity contribution is 5.74. The van der Waals surface area contributed by atoms with Crippen LogP contribution in [0, 0.1) is 0 Å². The molecule has 0 aliphatic carbocycles. The minimum absolute atomic E-state index is 0.0492. The molecule has 0 aromatic heterocycles. The fourth-order valence-electron chi connectivity index (χ4n) is 2.64. The Kier molecular flexibility index (Phi) is 4.55. The standard InChI is InChI=1S/C19H22O3/c1-19(2,3)16-6-4-5-13(9-12-17(21)22)18(16)14-7-10-15(20)11-8-14/h4-8,10-11,20H,9,12H2,1-3H3,(H,21,22). The average molecular weight is 298 g/mol. The van der Waals surface area contributed by atoms with Gasteiger partial charge in [0.2, 0.25) is 0 Å². The highest BCUT2D eigenvalue weighted by atomic mass is 16.4. The number of carboxylic acid groups (broad SMARTS) is 1. The molecule has 0 spiro atoms. The Morgan fingerprint density at radius 2 is 1.68 bits per heavy atom. The molecule has 0 saturated carbocycles. The molecule has 0 unspecified atom stereocenters. The number of phenols is 1. The van der Waals surface area contributed by atoms with Gasteiger partial charge in [0.05, 0.1) is 0 Å². The number of aryl methyl sites for hydroxylation is 1.